The van der Waals surface area contributed by atoms with E-state index in [0.717, 1.165) is 11.1 Å². The van der Waals surface area contributed by atoms with Gasteiger partial charge in [-0.05, 0) is 114 Å². The molecule has 4 N–H and O–H groups in total. The maximum atomic E-state index is 13.0. The van der Waals surface area contributed by atoms with Gasteiger partial charge in [0.2, 0.25) is 0 Å². The molecule has 12 heteroatoms. The van der Waals surface area contributed by atoms with Gasteiger partial charge in [-0.2, -0.15) is 0 Å². The highest BCUT2D eigenvalue weighted by Crippen LogP contribution is 2.17. The molecule has 0 aromatic heterocycles. The first-order chi connectivity index (χ1) is 23.2. The summed E-state index contributed by atoms with van der Waals surface area (Å²) in [4.78, 5) is 63.3. The smallest absolute Gasteiger partial charge is 0.323 e. The second-order valence-electron chi connectivity index (χ2n) is 10.4. The maximum absolute atomic E-state index is 13.0. The molecule has 0 spiro atoms. The maximum Gasteiger partial charge on any atom is 0.323 e. The molecule has 0 fully saturated rings. The molecule has 0 bridgehead atoms. The summed E-state index contributed by atoms with van der Waals surface area (Å²) in [6, 6.07) is 20.2. The molecule has 0 atom stereocenters. The number of rotatable bonds is 12. The predicted octanol–water partition coefficient (Wildman–Crippen LogP) is 5.83. The van der Waals surface area contributed by atoms with Crippen molar-refractivity contribution in [2.75, 3.05) is 49.9 Å². The van der Waals surface area contributed by atoms with Gasteiger partial charge in [-0.25, -0.2) is 9.59 Å². The Morgan fingerprint density at radius 1 is 0.500 bits per heavy atom. The molecule has 0 saturated carbocycles. The van der Waals surface area contributed by atoms with Crippen LogP contribution in [0.2, 0.25) is 0 Å². The molecule has 3 rings (SSSR count). The highest BCUT2D eigenvalue weighted by Gasteiger charge is 2.20. The molecule has 6 amide bonds. The van der Waals surface area contributed by atoms with Gasteiger partial charge >= 0.3 is 12.1 Å². The van der Waals surface area contributed by atoms with E-state index in [2.05, 4.69) is 31.3 Å². The second kappa shape index (κ2) is 18.6. The topological polar surface area (TPSA) is 148 Å². The Kier molecular flexibility index (Phi) is 14.3. The minimum absolute atomic E-state index is 0.219. The fourth-order valence-electron chi connectivity index (χ4n) is 4.82. The molecule has 0 radical (unpaired) electrons. The van der Waals surface area contributed by atoms with Crippen LogP contribution in [0.4, 0.5) is 21.0 Å². The van der Waals surface area contributed by atoms with Crippen molar-refractivity contribution in [3.63, 3.8) is 0 Å². The third kappa shape index (κ3) is 9.74. The number of nitrogens with one attached hydrogen (secondary N) is 4. The lowest BCUT2D eigenvalue weighted by Gasteiger charge is -2.23. The molecular formula is C36H46N8O4. The Bertz CT molecular complexity index is 1480. The first kappa shape index (κ1) is 36.9. The summed E-state index contributed by atoms with van der Waals surface area (Å²) in [6.07, 6.45) is 0. The van der Waals surface area contributed by atoms with E-state index >= 15 is 0 Å². The summed E-state index contributed by atoms with van der Waals surface area (Å²) in [5, 5.41) is 11.4. The van der Waals surface area contributed by atoms with Gasteiger partial charge in [-0.3, -0.25) is 29.4 Å². The van der Waals surface area contributed by atoms with E-state index in [1.165, 1.54) is 0 Å². The van der Waals surface area contributed by atoms with Crippen LogP contribution >= 0.6 is 0 Å². The molecule has 0 saturated heterocycles. The molecule has 0 heterocycles. The standard InChI is InChI=1S/C36H46N8O4/c1-7-37-31(43(11-5)35(47)39-9-3)25-17-21-29(22-18-25)41-33(45)27-13-15-28(16-14-27)34(46)42-30-23-19-26(20-24-30)32(38-8-2)44(12-6)36(48)40-10-4/h13-24H,7-12H2,1-6H3,(H,39,47)(H,40,48)(H,41,45)(H,42,46). The average Bonchev–Trinajstić information content (AvgIpc) is 3.09. The number of amidine groups is 2. The van der Waals surface area contributed by atoms with Crippen LogP contribution < -0.4 is 21.3 Å². The van der Waals surface area contributed by atoms with Crippen molar-refractivity contribution in [3.05, 3.63) is 95.1 Å². The number of anilines is 2. The highest BCUT2D eigenvalue weighted by molar-refractivity contribution is 6.10. The van der Waals surface area contributed by atoms with E-state index < -0.39 is 0 Å². The van der Waals surface area contributed by atoms with E-state index in [9.17, 15) is 19.2 Å². The minimum Gasteiger partial charge on any atom is -0.338 e. The first-order valence-electron chi connectivity index (χ1n) is 16.3. The third-order valence-corrected chi connectivity index (χ3v) is 7.12. The number of amides is 6. The van der Waals surface area contributed by atoms with Crippen LogP contribution in [0.25, 0.3) is 0 Å². The van der Waals surface area contributed by atoms with Gasteiger partial charge < -0.3 is 21.3 Å². The van der Waals surface area contributed by atoms with Gasteiger partial charge in [0.15, 0.2) is 0 Å². The Balaban J connectivity index is 1.65. The van der Waals surface area contributed by atoms with Crippen molar-refractivity contribution in [2.45, 2.75) is 41.5 Å². The van der Waals surface area contributed by atoms with Crippen LogP contribution in [-0.2, 0) is 0 Å². The van der Waals surface area contributed by atoms with Gasteiger partial charge in [0.1, 0.15) is 11.7 Å². The van der Waals surface area contributed by atoms with Gasteiger partial charge in [-0.1, -0.05) is 0 Å². The highest BCUT2D eigenvalue weighted by atomic mass is 16.2. The lowest BCUT2D eigenvalue weighted by Crippen LogP contribution is -2.44. The summed E-state index contributed by atoms with van der Waals surface area (Å²) < 4.78 is 0. The number of benzene rings is 3. The fourth-order valence-corrected chi connectivity index (χ4v) is 4.82. The van der Waals surface area contributed by atoms with E-state index in [4.69, 9.17) is 0 Å². The van der Waals surface area contributed by atoms with Gasteiger partial charge in [0, 0.05) is 72.9 Å². The molecule has 0 aliphatic rings. The molecule has 0 unspecified atom stereocenters. The number of hydrogen-bond acceptors (Lipinski definition) is 6. The van der Waals surface area contributed by atoms with Gasteiger partial charge in [0.25, 0.3) is 11.8 Å². The molecule has 0 aliphatic carbocycles. The van der Waals surface area contributed by atoms with E-state index in [1.54, 1.807) is 58.3 Å². The van der Waals surface area contributed by atoms with Crippen LogP contribution in [-0.4, -0.2) is 84.6 Å². The van der Waals surface area contributed by atoms with Crippen molar-refractivity contribution in [3.8, 4) is 0 Å². The Morgan fingerprint density at radius 3 is 1.08 bits per heavy atom. The summed E-state index contributed by atoms with van der Waals surface area (Å²) in [5.74, 6) is 0.457. The zero-order chi connectivity index (χ0) is 35.1. The quantitative estimate of drug-likeness (QED) is 0.144. The number of aliphatic imine (C=N–C) groups is 2. The van der Waals surface area contributed by atoms with E-state index in [0.29, 0.717) is 73.4 Å². The normalized spacial score (nSPS) is 11.4. The molecule has 3 aromatic carbocycles. The lowest BCUT2D eigenvalue weighted by molar-refractivity contribution is 0.101. The van der Waals surface area contributed by atoms with Crippen LogP contribution in [0.3, 0.4) is 0 Å². The zero-order valence-electron chi connectivity index (χ0n) is 28.6. The summed E-state index contributed by atoms with van der Waals surface area (Å²) in [7, 11) is 0. The number of carbonyl (C=O) groups is 4. The second-order valence-corrected chi connectivity index (χ2v) is 10.4. The molecule has 3 aromatic rings. The van der Waals surface area contributed by atoms with Crippen LogP contribution in [0.15, 0.2) is 82.8 Å². The Hall–Kier alpha value is -5.52. The van der Waals surface area contributed by atoms with Crippen molar-refractivity contribution in [1.29, 1.82) is 0 Å². The number of urea groups is 2. The zero-order valence-corrected chi connectivity index (χ0v) is 28.6. The lowest BCUT2D eigenvalue weighted by atomic mass is 10.1. The largest absolute Gasteiger partial charge is 0.338 e. The minimum atomic E-state index is -0.330. The molecule has 0 aliphatic heterocycles. The Morgan fingerprint density at radius 2 is 0.812 bits per heavy atom. The number of nitrogens with zero attached hydrogens (tertiary/aromatic N) is 4. The van der Waals surface area contributed by atoms with Crippen LogP contribution in [0.1, 0.15) is 73.4 Å². The van der Waals surface area contributed by atoms with Crippen LogP contribution in [0, 0.1) is 0 Å². The predicted molar refractivity (Wildman–Crippen MR) is 192 cm³/mol. The fraction of sp³-hybridized carbons (Fsp3) is 0.333. The number of hydrogen-bond donors (Lipinski definition) is 4. The monoisotopic (exact) mass is 654 g/mol. The summed E-state index contributed by atoms with van der Waals surface area (Å²) in [5.41, 5.74) is 3.43. The molecule has 254 valence electrons. The van der Waals surface area contributed by atoms with Crippen molar-refractivity contribution >= 4 is 46.9 Å². The SMILES string of the molecule is CCN=C(c1ccc(NC(=O)c2ccc(C(=O)Nc3ccc(C(=NCC)N(CC)C(=O)NCC)cc3)cc2)cc1)N(CC)C(=O)NCC. The van der Waals surface area contributed by atoms with E-state index in [1.807, 2.05) is 65.8 Å². The Labute approximate surface area is 282 Å². The average molecular weight is 655 g/mol. The summed E-state index contributed by atoms with van der Waals surface area (Å²) in [6.45, 7) is 14.3. The summed E-state index contributed by atoms with van der Waals surface area (Å²) >= 11 is 0. The van der Waals surface area contributed by atoms with Crippen molar-refractivity contribution in [1.82, 2.24) is 20.4 Å². The number of carbonyl (C=O) groups excluding carboxylic acids is 4. The molecular weight excluding hydrogens is 608 g/mol. The van der Waals surface area contributed by atoms with Crippen molar-refractivity contribution in [2.24, 2.45) is 9.98 Å². The molecule has 12 nitrogen and oxygen atoms in total. The van der Waals surface area contributed by atoms with E-state index in [-0.39, 0.29) is 23.9 Å². The molecule has 48 heavy (non-hydrogen) atoms. The van der Waals surface area contributed by atoms with Gasteiger partial charge in [0.05, 0.1) is 0 Å². The van der Waals surface area contributed by atoms with Crippen LogP contribution in [0.5, 0.6) is 0 Å². The van der Waals surface area contributed by atoms with Gasteiger partial charge in [-0.15, -0.1) is 0 Å². The third-order valence-electron chi connectivity index (χ3n) is 7.12. The first-order valence-corrected chi connectivity index (χ1v) is 16.3. The van der Waals surface area contributed by atoms with Crippen molar-refractivity contribution < 1.29 is 19.2 Å².